The van der Waals surface area contributed by atoms with Crippen LogP contribution in [0.1, 0.15) is 53.6 Å². The van der Waals surface area contributed by atoms with Gasteiger partial charge in [0.1, 0.15) is 5.75 Å². The number of methoxy groups -OCH3 is 1. The molecule has 5 heteroatoms. The summed E-state index contributed by atoms with van der Waals surface area (Å²) in [5.74, 6) is 0.698. The van der Waals surface area contributed by atoms with Crippen molar-refractivity contribution >= 4 is 10.0 Å². The highest BCUT2D eigenvalue weighted by molar-refractivity contribution is 7.89. The fraction of sp³-hybridized carbons (Fsp3) is 0.429. The Kier molecular flexibility index (Phi) is 5.39. The van der Waals surface area contributed by atoms with Crippen molar-refractivity contribution in [3.05, 3.63) is 58.1 Å². The Morgan fingerprint density at radius 1 is 1.00 bits per heavy atom. The average molecular weight is 374 g/mol. The van der Waals surface area contributed by atoms with Crippen LogP contribution in [0.5, 0.6) is 5.75 Å². The van der Waals surface area contributed by atoms with E-state index in [1.807, 2.05) is 19.9 Å². The van der Waals surface area contributed by atoms with Gasteiger partial charge in [-0.2, -0.15) is 0 Å². The topological polar surface area (TPSA) is 55.4 Å². The van der Waals surface area contributed by atoms with Crippen molar-refractivity contribution < 1.29 is 13.2 Å². The first-order chi connectivity index (χ1) is 12.3. The van der Waals surface area contributed by atoms with Crippen LogP contribution in [0.2, 0.25) is 0 Å². The number of hydrogen-bond donors (Lipinski definition) is 1. The molecule has 0 spiro atoms. The molecule has 0 fully saturated rings. The van der Waals surface area contributed by atoms with Crippen LogP contribution in [0.3, 0.4) is 0 Å². The van der Waals surface area contributed by atoms with E-state index in [0.717, 1.165) is 24.0 Å². The molecule has 0 saturated carbocycles. The van der Waals surface area contributed by atoms with E-state index in [2.05, 4.69) is 16.9 Å². The standard InChI is InChI=1S/C21H27NO3S/c1-14-12-21(15(2)11-20(14)25-4)26(23,24)22-16(3)18-10-9-17-7-5-6-8-19(17)13-18/h9-13,16,22H,5-8H2,1-4H3/t16-/m1/s1. The van der Waals surface area contributed by atoms with E-state index in [0.29, 0.717) is 16.2 Å². The summed E-state index contributed by atoms with van der Waals surface area (Å²) in [4.78, 5) is 0.306. The minimum absolute atomic E-state index is 0.283. The fourth-order valence-electron chi connectivity index (χ4n) is 3.66. The SMILES string of the molecule is COc1cc(C)c(S(=O)(=O)N[C@H](C)c2ccc3c(c2)CCCC3)cc1C. The van der Waals surface area contributed by atoms with Crippen LogP contribution in [-0.2, 0) is 22.9 Å². The molecule has 4 nitrogen and oxygen atoms in total. The molecule has 26 heavy (non-hydrogen) atoms. The summed E-state index contributed by atoms with van der Waals surface area (Å²) in [5, 5.41) is 0. The van der Waals surface area contributed by atoms with Crippen LogP contribution < -0.4 is 9.46 Å². The molecule has 0 aromatic heterocycles. The molecule has 0 bridgehead atoms. The number of fused-ring (bicyclic) bond motifs is 1. The molecule has 0 unspecified atom stereocenters. The lowest BCUT2D eigenvalue weighted by atomic mass is 9.89. The molecule has 0 amide bonds. The van der Waals surface area contributed by atoms with Crippen molar-refractivity contribution in [3.8, 4) is 5.75 Å². The normalized spacial score (nSPS) is 15.4. The van der Waals surface area contributed by atoms with E-state index in [4.69, 9.17) is 4.74 Å². The van der Waals surface area contributed by atoms with Crippen molar-refractivity contribution in [2.24, 2.45) is 0 Å². The first kappa shape index (κ1) is 18.9. The molecule has 0 heterocycles. The third-order valence-corrected chi connectivity index (χ3v) is 6.87. The molecule has 2 aromatic carbocycles. The van der Waals surface area contributed by atoms with E-state index >= 15 is 0 Å². The second kappa shape index (κ2) is 7.41. The average Bonchev–Trinajstić information content (AvgIpc) is 2.62. The van der Waals surface area contributed by atoms with Gasteiger partial charge in [0.15, 0.2) is 0 Å². The predicted molar refractivity (Wildman–Crippen MR) is 104 cm³/mol. The number of aryl methyl sites for hydroxylation is 4. The van der Waals surface area contributed by atoms with E-state index in [1.54, 1.807) is 26.2 Å². The first-order valence-electron chi connectivity index (χ1n) is 9.11. The third kappa shape index (κ3) is 3.79. The summed E-state index contributed by atoms with van der Waals surface area (Å²) < 4.78 is 34.0. The van der Waals surface area contributed by atoms with Gasteiger partial charge in [0.05, 0.1) is 12.0 Å². The van der Waals surface area contributed by atoms with E-state index in [1.165, 1.54) is 24.0 Å². The predicted octanol–water partition coefficient (Wildman–Crippen LogP) is 4.23. The van der Waals surface area contributed by atoms with Crippen LogP contribution in [0.4, 0.5) is 0 Å². The Morgan fingerprint density at radius 2 is 1.69 bits per heavy atom. The molecule has 0 saturated heterocycles. The molecule has 0 aliphatic heterocycles. The van der Waals surface area contributed by atoms with Crippen molar-refractivity contribution in [2.75, 3.05) is 7.11 Å². The van der Waals surface area contributed by atoms with Gasteiger partial charge in [-0.1, -0.05) is 18.2 Å². The van der Waals surface area contributed by atoms with Gasteiger partial charge in [-0.05, 0) is 86.4 Å². The number of nitrogens with one attached hydrogen (secondary N) is 1. The lowest BCUT2D eigenvalue weighted by Crippen LogP contribution is -2.27. The highest BCUT2D eigenvalue weighted by atomic mass is 32.2. The van der Waals surface area contributed by atoms with Crippen molar-refractivity contribution in [2.45, 2.75) is 57.4 Å². The summed E-state index contributed by atoms with van der Waals surface area (Å²) in [7, 11) is -2.02. The Hall–Kier alpha value is -1.85. The summed E-state index contributed by atoms with van der Waals surface area (Å²) in [6.07, 6.45) is 4.66. The van der Waals surface area contributed by atoms with Crippen LogP contribution in [0, 0.1) is 13.8 Å². The van der Waals surface area contributed by atoms with Crippen LogP contribution in [0.25, 0.3) is 0 Å². The lowest BCUT2D eigenvalue weighted by molar-refractivity contribution is 0.411. The van der Waals surface area contributed by atoms with Crippen molar-refractivity contribution in [3.63, 3.8) is 0 Å². The molecule has 0 radical (unpaired) electrons. The summed E-state index contributed by atoms with van der Waals surface area (Å²) in [6, 6.07) is 9.52. The van der Waals surface area contributed by atoms with Gasteiger partial charge in [-0.15, -0.1) is 0 Å². The number of benzene rings is 2. The molecular weight excluding hydrogens is 346 g/mol. The highest BCUT2D eigenvalue weighted by Crippen LogP contribution is 2.28. The maximum absolute atomic E-state index is 12.9. The van der Waals surface area contributed by atoms with E-state index < -0.39 is 10.0 Å². The molecule has 1 aliphatic rings. The van der Waals surface area contributed by atoms with E-state index in [-0.39, 0.29) is 6.04 Å². The van der Waals surface area contributed by atoms with Crippen LogP contribution in [-0.4, -0.2) is 15.5 Å². The monoisotopic (exact) mass is 373 g/mol. The lowest BCUT2D eigenvalue weighted by Gasteiger charge is -2.20. The largest absolute Gasteiger partial charge is 0.496 e. The molecule has 2 aromatic rings. The number of sulfonamides is 1. The smallest absolute Gasteiger partial charge is 0.241 e. The third-order valence-electron chi connectivity index (χ3n) is 5.19. The molecule has 140 valence electrons. The summed E-state index contributed by atoms with van der Waals surface area (Å²) in [5.41, 5.74) is 5.25. The summed E-state index contributed by atoms with van der Waals surface area (Å²) in [6.45, 7) is 5.54. The van der Waals surface area contributed by atoms with Crippen LogP contribution >= 0.6 is 0 Å². The van der Waals surface area contributed by atoms with Gasteiger partial charge < -0.3 is 4.74 Å². The van der Waals surface area contributed by atoms with E-state index in [9.17, 15) is 8.42 Å². The Bertz CT molecular complexity index is 919. The van der Waals surface area contributed by atoms with Crippen LogP contribution in [0.15, 0.2) is 35.2 Å². The molecule has 3 rings (SSSR count). The van der Waals surface area contributed by atoms with Gasteiger partial charge in [0.2, 0.25) is 10.0 Å². The minimum atomic E-state index is -3.61. The van der Waals surface area contributed by atoms with Gasteiger partial charge in [0.25, 0.3) is 0 Å². The quantitative estimate of drug-likeness (QED) is 0.853. The molecule has 1 aliphatic carbocycles. The van der Waals surface area contributed by atoms with Crippen molar-refractivity contribution in [1.29, 1.82) is 0 Å². The summed E-state index contributed by atoms with van der Waals surface area (Å²) >= 11 is 0. The zero-order valence-electron chi connectivity index (χ0n) is 15.9. The first-order valence-corrected chi connectivity index (χ1v) is 10.6. The second-order valence-corrected chi connectivity index (χ2v) is 8.85. The van der Waals surface area contributed by atoms with Gasteiger partial charge >= 0.3 is 0 Å². The number of hydrogen-bond acceptors (Lipinski definition) is 3. The molecule has 1 atom stereocenters. The fourth-order valence-corrected chi connectivity index (χ4v) is 5.20. The van der Waals surface area contributed by atoms with Crippen molar-refractivity contribution in [1.82, 2.24) is 4.72 Å². The highest BCUT2D eigenvalue weighted by Gasteiger charge is 2.22. The Balaban J connectivity index is 1.86. The Labute approximate surface area is 156 Å². The zero-order chi connectivity index (χ0) is 18.9. The number of rotatable bonds is 5. The Morgan fingerprint density at radius 3 is 2.38 bits per heavy atom. The van der Waals surface area contributed by atoms with Gasteiger partial charge in [0, 0.05) is 6.04 Å². The minimum Gasteiger partial charge on any atom is -0.496 e. The molecular formula is C21H27NO3S. The van der Waals surface area contributed by atoms with Gasteiger partial charge in [-0.3, -0.25) is 0 Å². The molecule has 1 N–H and O–H groups in total. The maximum atomic E-state index is 12.9. The number of ether oxygens (including phenoxy) is 1. The maximum Gasteiger partial charge on any atom is 0.241 e. The zero-order valence-corrected chi connectivity index (χ0v) is 16.7. The second-order valence-electron chi connectivity index (χ2n) is 7.17. The van der Waals surface area contributed by atoms with Gasteiger partial charge in [-0.25, -0.2) is 13.1 Å².